The third-order valence-corrected chi connectivity index (χ3v) is 3.14. The lowest BCUT2D eigenvalue weighted by molar-refractivity contribution is 0.319. The van der Waals surface area contributed by atoms with E-state index < -0.39 is 10.1 Å². The van der Waals surface area contributed by atoms with Crippen molar-refractivity contribution in [1.82, 2.24) is 0 Å². The summed E-state index contributed by atoms with van der Waals surface area (Å²) in [5.41, 5.74) is 0. The van der Waals surface area contributed by atoms with Crippen molar-refractivity contribution >= 4 is 21.7 Å². The van der Waals surface area contributed by atoms with Crippen LogP contribution in [0.1, 0.15) is 6.42 Å². The summed E-state index contributed by atoms with van der Waals surface area (Å²) in [6.45, 7) is 0.126. The molecule has 1 aromatic rings. The lowest BCUT2D eigenvalue weighted by Crippen LogP contribution is -2.07. The molecule has 1 rings (SSSR count). The highest BCUT2D eigenvalue weighted by Gasteiger charge is 2.13. The Labute approximate surface area is 88.8 Å². The summed E-state index contributed by atoms with van der Waals surface area (Å²) >= 11 is 5.40. The van der Waals surface area contributed by atoms with Gasteiger partial charge in [0.05, 0.1) is 11.5 Å². The van der Waals surface area contributed by atoms with Gasteiger partial charge in [0.1, 0.15) is 0 Å². The fourth-order valence-electron chi connectivity index (χ4n) is 0.878. The molecular formula is C9H11ClO3S. The van der Waals surface area contributed by atoms with Crippen molar-refractivity contribution in [2.45, 2.75) is 11.3 Å². The molecule has 0 aliphatic carbocycles. The zero-order valence-electron chi connectivity index (χ0n) is 7.52. The number of alkyl halides is 1. The van der Waals surface area contributed by atoms with Crippen molar-refractivity contribution in [3.05, 3.63) is 30.3 Å². The largest absolute Gasteiger partial charge is 0.296 e. The molecule has 3 nitrogen and oxygen atoms in total. The summed E-state index contributed by atoms with van der Waals surface area (Å²) in [6, 6.07) is 8.04. The SMILES string of the molecule is O=S(=O)(OCCCCl)c1ccccc1. The summed E-state index contributed by atoms with van der Waals surface area (Å²) < 4.78 is 27.6. The van der Waals surface area contributed by atoms with E-state index >= 15 is 0 Å². The van der Waals surface area contributed by atoms with Crippen LogP contribution >= 0.6 is 11.6 Å². The highest BCUT2D eigenvalue weighted by molar-refractivity contribution is 7.86. The topological polar surface area (TPSA) is 43.4 Å². The maximum atomic E-state index is 11.4. The molecule has 1 aromatic carbocycles. The molecule has 0 unspecified atom stereocenters. The van der Waals surface area contributed by atoms with Gasteiger partial charge in [0.25, 0.3) is 10.1 Å². The van der Waals surface area contributed by atoms with E-state index in [1.54, 1.807) is 18.2 Å². The second-order valence-corrected chi connectivity index (χ2v) is 4.63. The van der Waals surface area contributed by atoms with Crippen molar-refractivity contribution in [3.8, 4) is 0 Å². The number of rotatable bonds is 5. The first-order valence-electron chi connectivity index (χ1n) is 4.17. The van der Waals surface area contributed by atoms with E-state index in [0.717, 1.165) is 0 Å². The molecule has 5 heteroatoms. The van der Waals surface area contributed by atoms with E-state index in [1.807, 2.05) is 0 Å². The normalized spacial score (nSPS) is 11.5. The summed E-state index contributed by atoms with van der Waals surface area (Å²) in [7, 11) is -3.59. The van der Waals surface area contributed by atoms with Gasteiger partial charge < -0.3 is 0 Å². The molecular weight excluding hydrogens is 224 g/mol. The lowest BCUT2D eigenvalue weighted by Gasteiger charge is -2.03. The highest BCUT2D eigenvalue weighted by atomic mass is 35.5. The second-order valence-electron chi connectivity index (χ2n) is 2.63. The van der Waals surface area contributed by atoms with Gasteiger partial charge in [-0.15, -0.1) is 11.6 Å². The highest BCUT2D eigenvalue weighted by Crippen LogP contribution is 2.11. The Morgan fingerprint density at radius 2 is 1.86 bits per heavy atom. The fourth-order valence-corrected chi connectivity index (χ4v) is 1.95. The average molecular weight is 235 g/mol. The Morgan fingerprint density at radius 3 is 2.43 bits per heavy atom. The molecule has 0 radical (unpaired) electrons. The molecule has 0 bridgehead atoms. The Balaban J connectivity index is 2.67. The van der Waals surface area contributed by atoms with Crippen molar-refractivity contribution in [2.75, 3.05) is 12.5 Å². The van der Waals surface area contributed by atoms with E-state index in [-0.39, 0.29) is 11.5 Å². The molecule has 0 fully saturated rings. The second kappa shape index (κ2) is 5.34. The van der Waals surface area contributed by atoms with Crippen LogP contribution in [0.3, 0.4) is 0 Å². The quantitative estimate of drug-likeness (QED) is 0.445. The van der Waals surface area contributed by atoms with Crippen molar-refractivity contribution in [1.29, 1.82) is 0 Å². The third kappa shape index (κ3) is 3.29. The maximum absolute atomic E-state index is 11.4. The molecule has 0 saturated heterocycles. The van der Waals surface area contributed by atoms with Gasteiger partial charge in [0, 0.05) is 5.88 Å². The summed E-state index contributed by atoms with van der Waals surface area (Å²) in [6.07, 6.45) is 0.521. The van der Waals surface area contributed by atoms with E-state index in [0.29, 0.717) is 12.3 Å². The van der Waals surface area contributed by atoms with Crippen LogP contribution in [-0.4, -0.2) is 20.9 Å². The first-order valence-corrected chi connectivity index (χ1v) is 6.11. The van der Waals surface area contributed by atoms with Crippen molar-refractivity contribution < 1.29 is 12.6 Å². The predicted molar refractivity (Wildman–Crippen MR) is 54.9 cm³/mol. The van der Waals surface area contributed by atoms with E-state index in [9.17, 15) is 8.42 Å². The molecule has 0 aliphatic rings. The van der Waals surface area contributed by atoms with E-state index in [2.05, 4.69) is 0 Å². The van der Waals surface area contributed by atoms with Crippen LogP contribution in [0.5, 0.6) is 0 Å². The smallest absolute Gasteiger partial charge is 0.266 e. The van der Waals surface area contributed by atoms with E-state index in [4.69, 9.17) is 15.8 Å². The zero-order valence-corrected chi connectivity index (χ0v) is 9.09. The fraction of sp³-hybridized carbons (Fsp3) is 0.333. The van der Waals surface area contributed by atoms with Crippen LogP contribution in [0.25, 0.3) is 0 Å². The minimum absolute atomic E-state index is 0.126. The average Bonchev–Trinajstić information content (AvgIpc) is 2.19. The van der Waals surface area contributed by atoms with Crippen molar-refractivity contribution in [2.24, 2.45) is 0 Å². The van der Waals surface area contributed by atoms with E-state index in [1.165, 1.54) is 12.1 Å². The molecule has 0 N–H and O–H groups in total. The van der Waals surface area contributed by atoms with Crippen LogP contribution in [0.4, 0.5) is 0 Å². The third-order valence-electron chi connectivity index (χ3n) is 1.55. The summed E-state index contributed by atoms with van der Waals surface area (Å²) in [5, 5.41) is 0. The molecule has 0 saturated carbocycles. The first kappa shape index (κ1) is 11.5. The molecule has 0 aromatic heterocycles. The van der Waals surface area contributed by atoms with Crippen LogP contribution in [-0.2, 0) is 14.3 Å². The van der Waals surface area contributed by atoms with Gasteiger partial charge in [-0.25, -0.2) is 0 Å². The molecule has 78 valence electrons. The molecule has 0 heterocycles. The number of hydrogen-bond donors (Lipinski definition) is 0. The Kier molecular flexibility index (Phi) is 4.38. The Hall–Kier alpha value is -0.580. The van der Waals surface area contributed by atoms with Gasteiger partial charge in [-0.2, -0.15) is 8.42 Å². The van der Waals surface area contributed by atoms with Gasteiger partial charge in [-0.05, 0) is 18.6 Å². The monoisotopic (exact) mass is 234 g/mol. The zero-order chi connectivity index (χ0) is 10.4. The maximum Gasteiger partial charge on any atom is 0.296 e. The first-order chi connectivity index (χ1) is 6.67. The molecule has 0 aliphatic heterocycles. The number of hydrogen-bond acceptors (Lipinski definition) is 3. The van der Waals surface area contributed by atoms with Gasteiger partial charge in [0.2, 0.25) is 0 Å². The predicted octanol–water partition coefficient (Wildman–Crippen LogP) is 2.02. The van der Waals surface area contributed by atoms with Gasteiger partial charge in [0.15, 0.2) is 0 Å². The van der Waals surface area contributed by atoms with Crippen molar-refractivity contribution in [3.63, 3.8) is 0 Å². The Bertz CT molecular complexity index is 361. The van der Waals surface area contributed by atoms with Crippen LogP contribution < -0.4 is 0 Å². The molecule has 0 amide bonds. The van der Waals surface area contributed by atoms with Gasteiger partial charge in [-0.1, -0.05) is 18.2 Å². The molecule has 14 heavy (non-hydrogen) atoms. The minimum Gasteiger partial charge on any atom is -0.266 e. The number of benzene rings is 1. The lowest BCUT2D eigenvalue weighted by atomic mass is 10.4. The molecule has 0 spiro atoms. The van der Waals surface area contributed by atoms with Crippen LogP contribution in [0, 0.1) is 0 Å². The van der Waals surface area contributed by atoms with Crippen LogP contribution in [0.2, 0.25) is 0 Å². The summed E-state index contributed by atoms with van der Waals surface area (Å²) in [4.78, 5) is 0.176. The minimum atomic E-state index is -3.59. The summed E-state index contributed by atoms with van der Waals surface area (Å²) in [5.74, 6) is 0.393. The standard InChI is InChI=1S/C9H11ClO3S/c10-7-4-8-13-14(11,12)9-5-2-1-3-6-9/h1-3,5-6H,4,7-8H2. The molecule has 0 atom stereocenters. The van der Waals surface area contributed by atoms with Crippen LogP contribution in [0.15, 0.2) is 35.2 Å². The Morgan fingerprint density at radius 1 is 1.21 bits per heavy atom. The van der Waals surface area contributed by atoms with Gasteiger partial charge >= 0.3 is 0 Å². The van der Waals surface area contributed by atoms with Gasteiger partial charge in [-0.3, -0.25) is 4.18 Å². The number of halogens is 1.